The van der Waals surface area contributed by atoms with Crippen LogP contribution in [0.1, 0.15) is 30.5 Å². The molecule has 0 saturated carbocycles. The fourth-order valence-corrected chi connectivity index (χ4v) is 3.28. The van der Waals surface area contributed by atoms with E-state index in [-0.39, 0.29) is 12.1 Å². The molecule has 7 heteroatoms. The molecule has 2 aromatic rings. The summed E-state index contributed by atoms with van der Waals surface area (Å²) in [7, 11) is 0. The molecule has 6 nitrogen and oxygen atoms in total. The molecular weight excluding hydrogens is 362 g/mol. The third kappa shape index (κ3) is 4.69. The first-order valence-electron chi connectivity index (χ1n) is 9.02. The van der Waals surface area contributed by atoms with Crippen LogP contribution in [0.4, 0.5) is 10.6 Å². The normalized spacial score (nSPS) is 15.1. The minimum absolute atomic E-state index is 0.0400. The molecule has 1 aromatic carbocycles. The summed E-state index contributed by atoms with van der Waals surface area (Å²) in [5.74, 6) is 0.779. The lowest BCUT2D eigenvalue weighted by atomic mass is 10.1. The van der Waals surface area contributed by atoms with Crippen molar-refractivity contribution in [2.75, 3.05) is 31.1 Å². The lowest BCUT2D eigenvalue weighted by Gasteiger charge is -2.36. The highest BCUT2D eigenvalue weighted by atomic mass is 35.5. The highest BCUT2D eigenvalue weighted by Gasteiger charge is 2.24. The summed E-state index contributed by atoms with van der Waals surface area (Å²) in [6.07, 6.45) is 2.45. The van der Waals surface area contributed by atoms with Gasteiger partial charge in [0.2, 0.25) is 0 Å². The van der Waals surface area contributed by atoms with Crippen LogP contribution < -0.4 is 10.2 Å². The lowest BCUT2D eigenvalue weighted by Crippen LogP contribution is -2.52. The number of hydrogen-bond donors (Lipinski definition) is 1. The molecule has 1 aliphatic rings. The van der Waals surface area contributed by atoms with E-state index in [0.717, 1.165) is 17.8 Å². The molecule has 1 saturated heterocycles. The number of halogens is 1. The Bertz CT molecular complexity index is 825. The van der Waals surface area contributed by atoms with Gasteiger partial charge in [0.25, 0.3) is 0 Å². The van der Waals surface area contributed by atoms with Gasteiger partial charge in [0.05, 0.1) is 17.7 Å². The third-order valence-electron chi connectivity index (χ3n) is 4.74. The fraction of sp³-hybridized carbons (Fsp3) is 0.350. The van der Waals surface area contributed by atoms with Crippen LogP contribution >= 0.6 is 11.6 Å². The van der Waals surface area contributed by atoms with E-state index >= 15 is 0 Å². The number of benzene rings is 1. The third-order valence-corrected chi connectivity index (χ3v) is 5.00. The van der Waals surface area contributed by atoms with Gasteiger partial charge in [-0.1, -0.05) is 30.7 Å². The fourth-order valence-electron chi connectivity index (χ4n) is 3.16. The summed E-state index contributed by atoms with van der Waals surface area (Å²) in [6, 6.07) is 13.1. The van der Waals surface area contributed by atoms with E-state index in [0.29, 0.717) is 36.8 Å². The molecule has 0 bridgehead atoms. The number of aromatic nitrogens is 1. The van der Waals surface area contributed by atoms with Gasteiger partial charge < -0.3 is 15.1 Å². The Labute approximate surface area is 164 Å². The predicted molar refractivity (Wildman–Crippen MR) is 106 cm³/mol. The zero-order valence-electron chi connectivity index (χ0n) is 15.2. The molecular formula is C20H22ClN5O. The minimum atomic E-state index is -0.0600. The van der Waals surface area contributed by atoms with Gasteiger partial charge in [0.15, 0.2) is 0 Å². The Kier molecular flexibility index (Phi) is 6.15. The number of hydrogen-bond acceptors (Lipinski definition) is 4. The molecule has 140 valence electrons. The minimum Gasteiger partial charge on any atom is -0.353 e. The second kappa shape index (κ2) is 8.74. The van der Waals surface area contributed by atoms with Crippen molar-refractivity contribution in [2.45, 2.75) is 19.4 Å². The first-order valence-corrected chi connectivity index (χ1v) is 9.40. The van der Waals surface area contributed by atoms with Crippen molar-refractivity contribution in [2.24, 2.45) is 0 Å². The molecule has 27 heavy (non-hydrogen) atoms. The van der Waals surface area contributed by atoms with E-state index in [9.17, 15) is 4.79 Å². The smallest absolute Gasteiger partial charge is 0.318 e. The molecule has 1 aliphatic heterocycles. The lowest BCUT2D eigenvalue weighted by molar-refractivity contribution is 0.190. The van der Waals surface area contributed by atoms with Gasteiger partial charge >= 0.3 is 6.03 Å². The van der Waals surface area contributed by atoms with Gasteiger partial charge in [-0.25, -0.2) is 9.78 Å². The molecule has 2 heterocycles. The van der Waals surface area contributed by atoms with E-state index in [4.69, 9.17) is 16.9 Å². The first kappa shape index (κ1) is 19.0. The van der Waals surface area contributed by atoms with Crippen molar-refractivity contribution in [3.8, 4) is 6.07 Å². The van der Waals surface area contributed by atoms with Crippen molar-refractivity contribution in [3.05, 3.63) is 58.7 Å². The zero-order valence-corrected chi connectivity index (χ0v) is 16.0. The molecule has 1 atom stereocenters. The van der Waals surface area contributed by atoms with Crippen LogP contribution in [0.25, 0.3) is 0 Å². The second-order valence-electron chi connectivity index (χ2n) is 6.45. The Hall–Kier alpha value is -2.78. The van der Waals surface area contributed by atoms with Crippen LogP contribution in [0.15, 0.2) is 42.6 Å². The van der Waals surface area contributed by atoms with E-state index in [1.807, 2.05) is 36.1 Å². The summed E-state index contributed by atoms with van der Waals surface area (Å²) in [4.78, 5) is 20.9. The Morgan fingerprint density at radius 2 is 1.96 bits per heavy atom. The van der Waals surface area contributed by atoms with Crippen LogP contribution in [0, 0.1) is 11.3 Å². The number of nitriles is 1. The topological polar surface area (TPSA) is 72.3 Å². The van der Waals surface area contributed by atoms with Crippen molar-refractivity contribution >= 4 is 23.4 Å². The van der Waals surface area contributed by atoms with Crippen LogP contribution in [0.5, 0.6) is 0 Å². The molecule has 1 unspecified atom stereocenters. The summed E-state index contributed by atoms with van der Waals surface area (Å²) in [6.45, 7) is 4.65. The Morgan fingerprint density at radius 3 is 2.59 bits per heavy atom. The first-order chi connectivity index (χ1) is 13.1. The molecule has 1 fully saturated rings. The highest BCUT2D eigenvalue weighted by molar-refractivity contribution is 6.30. The van der Waals surface area contributed by atoms with Crippen molar-refractivity contribution in [1.29, 1.82) is 5.26 Å². The second-order valence-corrected chi connectivity index (χ2v) is 6.89. The van der Waals surface area contributed by atoms with Gasteiger partial charge in [0, 0.05) is 37.4 Å². The number of urea groups is 1. The standard InChI is InChI=1S/C20H22ClN5O/c1-2-18(16-3-5-17(21)6-4-16)24-20(27)26-11-9-25(10-12-26)19-13-15(14-22)7-8-23-19/h3-8,13,18H,2,9-12H2,1H3,(H,24,27). The number of nitrogens with one attached hydrogen (secondary N) is 1. The number of pyridine rings is 1. The maximum atomic E-state index is 12.7. The van der Waals surface area contributed by atoms with Crippen LogP contribution in [0.3, 0.4) is 0 Å². The highest BCUT2D eigenvalue weighted by Crippen LogP contribution is 2.20. The summed E-state index contributed by atoms with van der Waals surface area (Å²) >= 11 is 5.95. The van der Waals surface area contributed by atoms with Gasteiger partial charge in [-0.05, 0) is 36.2 Å². The maximum absolute atomic E-state index is 12.7. The molecule has 0 radical (unpaired) electrons. The average molecular weight is 384 g/mol. The SMILES string of the molecule is CCC(NC(=O)N1CCN(c2cc(C#N)ccn2)CC1)c1ccc(Cl)cc1. The molecule has 2 amide bonds. The molecule has 0 spiro atoms. The van der Waals surface area contributed by atoms with Crippen LogP contribution in [0.2, 0.25) is 5.02 Å². The van der Waals surface area contributed by atoms with E-state index in [1.54, 1.807) is 18.3 Å². The number of amides is 2. The predicted octanol–water partition coefficient (Wildman–Crippen LogP) is 3.59. The van der Waals surface area contributed by atoms with Crippen molar-refractivity contribution in [3.63, 3.8) is 0 Å². The molecule has 1 aromatic heterocycles. The summed E-state index contributed by atoms with van der Waals surface area (Å²) < 4.78 is 0. The number of rotatable bonds is 4. The summed E-state index contributed by atoms with van der Waals surface area (Å²) in [5, 5.41) is 12.8. The monoisotopic (exact) mass is 383 g/mol. The van der Waals surface area contributed by atoms with Gasteiger partial charge in [0.1, 0.15) is 5.82 Å². The van der Waals surface area contributed by atoms with Crippen molar-refractivity contribution < 1.29 is 4.79 Å². The molecule has 3 rings (SSSR count). The quantitative estimate of drug-likeness (QED) is 0.875. The molecule has 1 N–H and O–H groups in total. The van der Waals surface area contributed by atoms with E-state index < -0.39 is 0 Å². The van der Waals surface area contributed by atoms with E-state index in [1.165, 1.54) is 0 Å². The number of nitrogens with zero attached hydrogens (tertiary/aromatic N) is 4. The number of anilines is 1. The van der Waals surface area contributed by atoms with Gasteiger partial charge in [-0.15, -0.1) is 0 Å². The Morgan fingerprint density at radius 1 is 1.26 bits per heavy atom. The van der Waals surface area contributed by atoms with Gasteiger partial charge in [-0.3, -0.25) is 0 Å². The Balaban J connectivity index is 1.57. The number of piperazine rings is 1. The average Bonchev–Trinajstić information content (AvgIpc) is 2.72. The zero-order chi connectivity index (χ0) is 19.2. The number of carbonyl (C=O) groups excluding carboxylic acids is 1. The molecule has 0 aliphatic carbocycles. The van der Waals surface area contributed by atoms with Crippen LogP contribution in [-0.2, 0) is 0 Å². The van der Waals surface area contributed by atoms with Crippen LogP contribution in [-0.4, -0.2) is 42.1 Å². The van der Waals surface area contributed by atoms with Crippen molar-refractivity contribution in [1.82, 2.24) is 15.2 Å². The number of carbonyl (C=O) groups is 1. The van der Waals surface area contributed by atoms with Gasteiger partial charge in [-0.2, -0.15) is 5.26 Å². The summed E-state index contributed by atoms with van der Waals surface area (Å²) in [5.41, 5.74) is 1.64. The van der Waals surface area contributed by atoms with E-state index in [2.05, 4.69) is 21.3 Å². The maximum Gasteiger partial charge on any atom is 0.318 e. The largest absolute Gasteiger partial charge is 0.353 e.